The minimum absolute atomic E-state index is 0.192. The smallest absolute Gasteiger partial charge is 0.239 e. The summed E-state index contributed by atoms with van der Waals surface area (Å²) in [4.78, 5) is 30.3. The summed E-state index contributed by atoms with van der Waals surface area (Å²) in [5.41, 5.74) is 6.50. The molecular weight excluding hydrogens is 334 g/mol. The van der Waals surface area contributed by atoms with Gasteiger partial charge < -0.3 is 41.4 Å². The number of aromatic amines is 1. The highest BCUT2D eigenvalue weighted by Crippen LogP contribution is 2.20. The van der Waals surface area contributed by atoms with Crippen molar-refractivity contribution in [3.63, 3.8) is 0 Å². The first-order valence-electron chi connectivity index (χ1n) is 7.76. The highest BCUT2D eigenvalue weighted by Gasteiger charge is 2.45. The van der Waals surface area contributed by atoms with Gasteiger partial charge in [-0.05, 0) is 0 Å². The number of H-pyrrole nitrogens is 1. The number of hydrogen-bond donors (Lipinski definition) is 7. The molecule has 1 aliphatic heterocycles. The summed E-state index contributed by atoms with van der Waals surface area (Å²) in [6, 6.07) is -2.03. The molecule has 2 heterocycles. The van der Waals surface area contributed by atoms with E-state index in [9.17, 15) is 24.9 Å². The molecule has 0 radical (unpaired) electrons. The van der Waals surface area contributed by atoms with Crippen molar-refractivity contribution in [1.82, 2.24) is 20.6 Å². The normalized spacial score (nSPS) is 30.5. The lowest BCUT2D eigenvalue weighted by atomic mass is 9.95. The number of amides is 2. The SMILES string of the molecule is CC(=O)N[C@@H]1[C@@H](O)[C@H](O)[C@@H](CO)O[C@H]1NC(=O)[C@@H](N)Cc1cnc[nH]1. The molecule has 6 atom stereocenters. The van der Waals surface area contributed by atoms with Crippen LogP contribution in [0, 0.1) is 0 Å². The molecule has 11 heteroatoms. The summed E-state index contributed by atoms with van der Waals surface area (Å²) in [5, 5.41) is 34.2. The molecule has 0 bridgehead atoms. The Balaban J connectivity index is 2.06. The first-order chi connectivity index (χ1) is 11.8. The first kappa shape index (κ1) is 19.3. The molecule has 1 saturated heterocycles. The average molecular weight is 357 g/mol. The van der Waals surface area contributed by atoms with E-state index in [0.29, 0.717) is 5.69 Å². The van der Waals surface area contributed by atoms with Gasteiger partial charge in [-0.25, -0.2) is 4.98 Å². The number of nitrogens with one attached hydrogen (secondary N) is 3. The molecular formula is C14H23N5O6. The number of rotatable bonds is 6. The highest BCUT2D eigenvalue weighted by atomic mass is 16.5. The molecule has 8 N–H and O–H groups in total. The van der Waals surface area contributed by atoms with E-state index in [4.69, 9.17) is 10.5 Å². The van der Waals surface area contributed by atoms with Crippen molar-refractivity contribution in [2.75, 3.05) is 6.61 Å². The van der Waals surface area contributed by atoms with Gasteiger partial charge in [-0.2, -0.15) is 0 Å². The molecule has 11 nitrogen and oxygen atoms in total. The summed E-state index contributed by atoms with van der Waals surface area (Å²) in [6.45, 7) is 0.650. The topological polar surface area (TPSA) is 183 Å². The summed E-state index contributed by atoms with van der Waals surface area (Å²) in [7, 11) is 0. The van der Waals surface area contributed by atoms with E-state index < -0.39 is 55.0 Å². The van der Waals surface area contributed by atoms with Crippen molar-refractivity contribution in [3.8, 4) is 0 Å². The van der Waals surface area contributed by atoms with Crippen LogP contribution < -0.4 is 16.4 Å². The Morgan fingerprint density at radius 3 is 2.68 bits per heavy atom. The molecule has 1 aliphatic rings. The number of aliphatic hydroxyl groups excluding tert-OH is 3. The fourth-order valence-electron chi connectivity index (χ4n) is 2.61. The predicted molar refractivity (Wildman–Crippen MR) is 83.8 cm³/mol. The molecule has 2 rings (SSSR count). The molecule has 0 aromatic carbocycles. The molecule has 1 aromatic heterocycles. The van der Waals surface area contributed by atoms with Gasteiger partial charge in [-0.1, -0.05) is 0 Å². The van der Waals surface area contributed by atoms with E-state index >= 15 is 0 Å². The van der Waals surface area contributed by atoms with Crippen LogP contribution in [-0.4, -0.2) is 80.3 Å². The van der Waals surface area contributed by atoms with Crippen LogP contribution in [0.3, 0.4) is 0 Å². The second kappa shape index (κ2) is 8.36. The van der Waals surface area contributed by atoms with Crippen LogP contribution >= 0.6 is 0 Å². The summed E-state index contributed by atoms with van der Waals surface area (Å²) in [6.07, 6.45) is -1.96. The van der Waals surface area contributed by atoms with Gasteiger partial charge in [-0.15, -0.1) is 0 Å². The number of nitrogens with two attached hydrogens (primary N) is 1. The lowest BCUT2D eigenvalue weighted by Gasteiger charge is -2.42. The second-order valence-corrected chi connectivity index (χ2v) is 5.88. The third kappa shape index (κ3) is 4.74. The molecule has 0 saturated carbocycles. The predicted octanol–water partition coefficient (Wildman–Crippen LogP) is -3.66. The maximum atomic E-state index is 12.3. The van der Waals surface area contributed by atoms with Crippen LogP contribution in [-0.2, 0) is 20.7 Å². The van der Waals surface area contributed by atoms with Crippen LogP contribution in [0.5, 0.6) is 0 Å². The van der Waals surface area contributed by atoms with Gasteiger partial charge in [0.05, 0.1) is 19.0 Å². The third-order valence-corrected chi connectivity index (χ3v) is 3.91. The van der Waals surface area contributed by atoms with Crippen LogP contribution in [0.25, 0.3) is 0 Å². The van der Waals surface area contributed by atoms with Gasteiger partial charge in [0.15, 0.2) is 6.23 Å². The zero-order valence-corrected chi connectivity index (χ0v) is 13.6. The van der Waals surface area contributed by atoms with E-state index in [1.807, 2.05) is 0 Å². The summed E-state index contributed by atoms with van der Waals surface area (Å²) in [5.74, 6) is -1.07. The molecule has 25 heavy (non-hydrogen) atoms. The maximum Gasteiger partial charge on any atom is 0.239 e. The van der Waals surface area contributed by atoms with Crippen molar-refractivity contribution in [3.05, 3.63) is 18.2 Å². The van der Waals surface area contributed by atoms with E-state index in [1.54, 1.807) is 0 Å². The molecule has 0 unspecified atom stereocenters. The molecule has 140 valence electrons. The first-order valence-corrected chi connectivity index (χ1v) is 7.76. The quantitative estimate of drug-likeness (QED) is 0.272. The Morgan fingerprint density at radius 2 is 2.12 bits per heavy atom. The fourth-order valence-corrected chi connectivity index (χ4v) is 2.61. The minimum Gasteiger partial charge on any atom is -0.394 e. The standard InChI is InChI=1S/C14H23N5O6/c1-6(21)18-10-12(23)11(22)9(4-20)25-14(10)19-13(24)8(15)2-7-3-16-5-17-7/h3,5,8-12,14,20,22-23H,2,4,15H2,1H3,(H,16,17)(H,18,21)(H,19,24)/t8-,9+,10+,11+,12+,14+/m0/s1. The van der Waals surface area contributed by atoms with Gasteiger partial charge >= 0.3 is 0 Å². The molecule has 1 aromatic rings. The van der Waals surface area contributed by atoms with E-state index in [1.165, 1.54) is 19.4 Å². The Labute approximate surface area is 143 Å². The zero-order valence-electron chi connectivity index (χ0n) is 13.6. The lowest BCUT2D eigenvalue weighted by Crippen LogP contribution is -2.68. The van der Waals surface area contributed by atoms with Gasteiger partial charge in [-0.3, -0.25) is 9.59 Å². The number of hydrogen-bond acceptors (Lipinski definition) is 8. The summed E-state index contributed by atoms with van der Waals surface area (Å²) < 4.78 is 5.41. The van der Waals surface area contributed by atoms with Crippen molar-refractivity contribution >= 4 is 11.8 Å². The highest BCUT2D eigenvalue weighted by molar-refractivity contribution is 5.82. The van der Waals surface area contributed by atoms with Gasteiger partial charge in [0.1, 0.15) is 24.4 Å². The van der Waals surface area contributed by atoms with Crippen LogP contribution in [0.1, 0.15) is 12.6 Å². The van der Waals surface area contributed by atoms with Gasteiger partial charge in [0.2, 0.25) is 11.8 Å². The molecule has 0 spiro atoms. The minimum atomic E-state index is -1.44. The number of imidazole rings is 1. The Morgan fingerprint density at radius 1 is 1.40 bits per heavy atom. The largest absolute Gasteiger partial charge is 0.394 e. The van der Waals surface area contributed by atoms with E-state index in [2.05, 4.69) is 20.6 Å². The molecule has 1 fully saturated rings. The fraction of sp³-hybridized carbons (Fsp3) is 0.643. The summed E-state index contributed by atoms with van der Waals surface area (Å²) >= 11 is 0. The lowest BCUT2D eigenvalue weighted by molar-refractivity contribution is -0.203. The molecule has 0 aliphatic carbocycles. The van der Waals surface area contributed by atoms with Crippen LogP contribution in [0.4, 0.5) is 0 Å². The second-order valence-electron chi connectivity index (χ2n) is 5.88. The van der Waals surface area contributed by atoms with Crippen molar-refractivity contribution in [1.29, 1.82) is 0 Å². The van der Waals surface area contributed by atoms with Crippen molar-refractivity contribution in [2.45, 2.75) is 50.0 Å². The average Bonchev–Trinajstić information content (AvgIpc) is 3.06. The number of nitrogens with zero attached hydrogens (tertiary/aromatic N) is 1. The van der Waals surface area contributed by atoms with Gasteiger partial charge in [0, 0.05) is 25.2 Å². The maximum absolute atomic E-state index is 12.3. The van der Waals surface area contributed by atoms with Crippen molar-refractivity contribution < 1.29 is 29.6 Å². The number of ether oxygens (including phenoxy) is 1. The van der Waals surface area contributed by atoms with Crippen LogP contribution in [0.15, 0.2) is 12.5 Å². The van der Waals surface area contributed by atoms with E-state index in [0.717, 1.165) is 0 Å². The zero-order chi connectivity index (χ0) is 18.6. The Kier molecular flexibility index (Phi) is 6.45. The number of carbonyl (C=O) groups is 2. The number of aromatic nitrogens is 2. The third-order valence-electron chi connectivity index (χ3n) is 3.91. The molecule has 2 amide bonds. The number of carbonyl (C=O) groups excluding carboxylic acids is 2. The Hall–Kier alpha value is -2.05. The van der Waals surface area contributed by atoms with Crippen molar-refractivity contribution in [2.24, 2.45) is 5.73 Å². The number of aliphatic hydroxyl groups is 3. The monoisotopic (exact) mass is 357 g/mol. The Bertz CT molecular complexity index is 582. The van der Waals surface area contributed by atoms with Crippen LogP contribution in [0.2, 0.25) is 0 Å². The van der Waals surface area contributed by atoms with E-state index in [-0.39, 0.29) is 6.42 Å². The van der Waals surface area contributed by atoms with Gasteiger partial charge in [0.25, 0.3) is 0 Å².